The first-order valence-corrected chi connectivity index (χ1v) is 8.75. The predicted molar refractivity (Wildman–Crippen MR) is 92.9 cm³/mol. The van der Waals surface area contributed by atoms with Crippen LogP contribution in [0.2, 0.25) is 0 Å². The van der Waals surface area contributed by atoms with E-state index in [1.54, 1.807) is 14.0 Å². The number of hydrogen-bond donors (Lipinski definition) is 1. The molecule has 0 atom stereocenters. The molecule has 1 aliphatic heterocycles. The van der Waals surface area contributed by atoms with Gasteiger partial charge in [-0.2, -0.15) is 0 Å². The number of aliphatic hydroxyl groups is 1. The van der Waals surface area contributed by atoms with Crippen LogP contribution in [0.3, 0.4) is 0 Å². The third kappa shape index (κ3) is 3.24. The first kappa shape index (κ1) is 16.8. The topological polar surface area (TPSA) is 67.5 Å². The molecule has 1 aromatic heterocycles. The minimum Gasteiger partial charge on any atom is -0.393 e. The van der Waals surface area contributed by atoms with Gasteiger partial charge in [0.05, 0.1) is 17.1 Å². The quantitative estimate of drug-likeness (QED) is 0.905. The smallest absolute Gasteiger partial charge is 0.329 e. The summed E-state index contributed by atoms with van der Waals surface area (Å²) >= 11 is 0. The monoisotopic (exact) mass is 331 g/mol. The zero-order valence-electron chi connectivity index (χ0n) is 14.1. The van der Waals surface area contributed by atoms with Gasteiger partial charge in [0.2, 0.25) is 5.91 Å². The van der Waals surface area contributed by atoms with Crippen molar-refractivity contribution in [1.82, 2.24) is 14.0 Å². The van der Waals surface area contributed by atoms with Crippen LogP contribution in [0.5, 0.6) is 0 Å². The van der Waals surface area contributed by atoms with Gasteiger partial charge in [0.25, 0.3) is 0 Å². The van der Waals surface area contributed by atoms with Gasteiger partial charge in [0, 0.05) is 32.6 Å². The van der Waals surface area contributed by atoms with Gasteiger partial charge in [-0.25, -0.2) is 4.79 Å². The highest BCUT2D eigenvalue weighted by Gasteiger charge is 2.21. The minimum absolute atomic E-state index is 0.0417. The standard InChI is InChI=1S/C18H25N3O3/c1-2-10-20-15-5-3-4-6-16(15)21(18(20)24)13-9-17(23)19-11-7-14(22)8-12-19/h3-6,14,22H,2,7-13H2,1H3. The second-order valence-electron chi connectivity index (χ2n) is 6.44. The van der Waals surface area contributed by atoms with E-state index in [-0.39, 0.29) is 17.7 Å². The van der Waals surface area contributed by atoms with Crippen molar-refractivity contribution in [3.63, 3.8) is 0 Å². The number of imidazole rings is 1. The number of fused-ring (bicyclic) bond motifs is 1. The Balaban J connectivity index is 1.77. The normalized spacial score (nSPS) is 16.0. The third-order valence-electron chi connectivity index (χ3n) is 4.74. The fourth-order valence-corrected chi connectivity index (χ4v) is 3.41. The molecule has 3 rings (SSSR count). The van der Waals surface area contributed by atoms with Gasteiger partial charge < -0.3 is 10.0 Å². The van der Waals surface area contributed by atoms with E-state index in [0.29, 0.717) is 45.4 Å². The van der Waals surface area contributed by atoms with Gasteiger partial charge in [0.1, 0.15) is 0 Å². The minimum atomic E-state index is -0.288. The van der Waals surface area contributed by atoms with Crippen molar-refractivity contribution < 1.29 is 9.90 Å². The molecule has 0 spiro atoms. The zero-order valence-corrected chi connectivity index (χ0v) is 14.1. The number of nitrogens with zero attached hydrogens (tertiary/aromatic N) is 3. The van der Waals surface area contributed by atoms with Crippen LogP contribution >= 0.6 is 0 Å². The maximum atomic E-state index is 12.7. The van der Waals surface area contributed by atoms with E-state index in [9.17, 15) is 14.7 Å². The number of hydrogen-bond acceptors (Lipinski definition) is 3. The van der Waals surface area contributed by atoms with Gasteiger partial charge in [-0.1, -0.05) is 19.1 Å². The number of benzene rings is 1. The highest BCUT2D eigenvalue weighted by molar-refractivity contribution is 5.78. The number of aryl methyl sites for hydroxylation is 2. The van der Waals surface area contributed by atoms with E-state index in [1.165, 1.54) is 0 Å². The molecular formula is C18H25N3O3. The van der Waals surface area contributed by atoms with Crippen LogP contribution in [0.25, 0.3) is 11.0 Å². The summed E-state index contributed by atoms with van der Waals surface area (Å²) in [7, 11) is 0. The SMILES string of the molecule is CCCn1c(=O)n(CCC(=O)N2CCC(O)CC2)c2ccccc21. The number of amides is 1. The van der Waals surface area contributed by atoms with Gasteiger partial charge in [-0.3, -0.25) is 13.9 Å². The van der Waals surface area contributed by atoms with Crippen LogP contribution in [0, 0.1) is 0 Å². The van der Waals surface area contributed by atoms with Crippen LogP contribution in [-0.4, -0.2) is 44.2 Å². The molecule has 0 bridgehead atoms. The Kier molecular flexibility index (Phi) is 5.04. The number of rotatable bonds is 5. The highest BCUT2D eigenvalue weighted by Crippen LogP contribution is 2.15. The molecule has 6 heteroatoms. The number of carbonyl (C=O) groups is 1. The average Bonchev–Trinajstić information content (AvgIpc) is 2.86. The molecule has 0 unspecified atom stereocenters. The van der Waals surface area contributed by atoms with Crippen molar-refractivity contribution in [2.45, 2.75) is 51.8 Å². The summed E-state index contributed by atoms with van der Waals surface area (Å²) in [5.41, 5.74) is 1.77. The molecule has 1 saturated heterocycles. The van der Waals surface area contributed by atoms with E-state index in [2.05, 4.69) is 0 Å². The number of carbonyl (C=O) groups excluding carboxylic acids is 1. The van der Waals surface area contributed by atoms with Gasteiger partial charge in [-0.05, 0) is 31.4 Å². The number of aliphatic hydroxyl groups excluding tert-OH is 1. The van der Waals surface area contributed by atoms with Crippen molar-refractivity contribution >= 4 is 16.9 Å². The Labute approximate surface area is 141 Å². The predicted octanol–water partition coefficient (Wildman–Crippen LogP) is 1.59. The summed E-state index contributed by atoms with van der Waals surface area (Å²) in [5.74, 6) is 0.0566. The summed E-state index contributed by atoms with van der Waals surface area (Å²) in [6, 6.07) is 7.74. The van der Waals surface area contributed by atoms with Crippen LogP contribution in [0.1, 0.15) is 32.6 Å². The van der Waals surface area contributed by atoms with E-state index in [0.717, 1.165) is 17.5 Å². The Morgan fingerprint density at radius 2 is 1.71 bits per heavy atom. The van der Waals surface area contributed by atoms with Crippen molar-refractivity contribution in [2.75, 3.05) is 13.1 Å². The average molecular weight is 331 g/mol. The zero-order chi connectivity index (χ0) is 17.1. The van der Waals surface area contributed by atoms with Gasteiger partial charge in [-0.15, -0.1) is 0 Å². The fourth-order valence-electron chi connectivity index (χ4n) is 3.41. The van der Waals surface area contributed by atoms with Crippen molar-refractivity contribution in [1.29, 1.82) is 0 Å². The maximum absolute atomic E-state index is 12.7. The Bertz CT molecular complexity index is 769. The number of likely N-dealkylation sites (tertiary alicyclic amines) is 1. The Morgan fingerprint density at radius 1 is 1.12 bits per heavy atom. The van der Waals surface area contributed by atoms with Gasteiger partial charge in [0.15, 0.2) is 0 Å². The summed E-state index contributed by atoms with van der Waals surface area (Å²) in [4.78, 5) is 26.9. The lowest BCUT2D eigenvalue weighted by molar-refractivity contribution is -0.133. The molecule has 0 radical (unpaired) electrons. The molecule has 1 fully saturated rings. The first-order valence-electron chi connectivity index (χ1n) is 8.75. The summed E-state index contributed by atoms with van der Waals surface area (Å²) in [5, 5.41) is 9.54. The summed E-state index contributed by atoms with van der Waals surface area (Å²) < 4.78 is 3.50. The van der Waals surface area contributed by atoms with E-state index in [1.807, 2.05) is 31.2 Å². The molecule has 1 amide bonds. The molecule has 6 nitrogen and oxygen atoms in total. The lowest BCUT2D eigenvalue weighted by atomic mass is 10.1. The Hall–Kier alpha value is -2.08. The van der Waals surface area contributed by atoms with E-state index in [4.69, 9.17) is 0 Å². The molecule has 1 aliphatic rings. The largest absolute Gasteiger partial charge is 0.393 e. The van der Waals surface area contributed by atoms with E-state index < -0.39 is 0 Å². The molecule has 0 saturated carbocycles. The second-order valence-corrected chi connectivity index (χ2v) is 6.44. The second kappa shape index (κ2) is 7.21. The highest BCUT2D eigenvalue weighted by atomic mass is 16.3. The molecule has 0 aliphatic carbocycles. The number of aromatic nitrogens is 2. The molecule has 1 N–H and O–H groups in total. The summed E-state index contributed by atoms with van der Waals surface area (Å²) in [6.07, 6.45) is 2.20. The first-order chi connectivity index (χ1) is 11.6. The van der Waals surface area contributed by atoms with Crippen molar-refractivity contribution in [3.05, 3.63) is 34.7 Å². The lowest BCUT2D eigenvalue weighted by Gasteiger charge is -2.29. The molecular weight excluding hydrogens is 306 g/mol. The van der Waals surface area contributed by atoms with Crippen molar-refractivity contribution in [3.8, 4) is 0 Å². The third-order valence-corrected chi connectivity index (χ3v) is 4.74. The van der Waals surface area contributed by atoms with Crippen LogP contribution in [-0.2, 0) is 17.9 Å². The molecule has 2 aromatic rings. The fraction of sp³-hybridized carbons (Fsp3) is 0.556. The number of para-hydroxylation sites is 2. The van der Waals surface area contributed by atoms with Crippen LogP contribution in [0.15, 0.2) is 29.1 Å². The van der Waals surface area contributed by atoms with Crippen molar-refractivity contribution in [2.24, 2.45) is 0 Å². The van der Waals surface area contributed by atoms with Crippen LogP contribution in [0.4, 0.5) is 0 Å². The maximum Gasteiger partial charge on any atom is 0.329 e. The molecule has 24 heavy (non-hydrogen) atoms. The molecule has 2 heterocycles. The summed E-state index contributed by atoms with van der Waals surface area (Å²) in [6.45, 7) is 4.34. The van der Waals surface area contributed by atoms with Gasteiger partial charge >= 0.3 is 5.69 Å². The lowest BCUT2D eigenvalue weighted by Crippen LogP contribution is -2.40. The van der Waals surface area contributed by atoms with Crippen LogP contribution < -0.4 is 5.69 Å². The number of piperidine rings is 1. The van der Waals surface area contributed by atoms with E-state index >= 15 is 0 Å². The molecule has 1 aromatic carbocycles. The molecule has 130 valence electrons. The Morgan fingerprint density at radius 3 is 2.29 bits per heavy atom.